The summed E-state index contributed by atoms with van der Waals surface area (Å²) in [6, 6.07) is 0. The Labute approximate surface area is 87.5 Å². The molecule has 0 aliphatic carbocycles. The van der Waals surface area contributed by atoms with E-state index in [1.807, 2.05) is 0 Å². The lowest BCUT2D eigenvalue weighted by Crippen LogP contribution is -2.42. The average molecular weight is 219 g/mol. The molecule has 3 nitrogen and oxygen atoms in total. The van der Waals surface area contributed by atoms with Gasteiger partial charge in [-0.2, -0.15) is 0 Å². The Hall–Kier alpha value is -0.0900. The molecule has 0 aromatic carbocycles. The predicted molar refractivity (Wildman–Crippen MR) is 58.6 cm³/mol. The first kappa shape index (κ1) is 12.0. The van der Waals surface area contributed by atoms with Crippen LogP contribution in [0.4, 0.5) is 0 Å². The van der Waals surface area contributed by atoms with Gasteiger partial charge in [-0.1, -0.05) is 26.7 Å². The summed E-state index contributed by atoms with van der Waals surface area (Å²) in [4.78, 5) is 0. The molecule has 2 atom stereocenters. The number of nitrogens with zero attached hydrogens (tertiary/aromatic N) is 1. The fourth-order valence-corrected chi connectivity index (χ4v) is 3.25. The molecule has 1 fully saturated rings. The lowest BCUT2D eigenvalue weighted by atomic mass is 9.83. The molecule has 1 heterocycles. The molecule has 0 bridgehead atoms. The molecule has 14 heavy (non-hydrogen) atoms. The number of hydrogen-bond acceptors (Lipinski definition) is 2. The van der Waals surface area contributed by atoms with Crippen molar-refractivity contribution in [2.24, 2.45) is 11.8 Å². The molecule has 1 aliphatic heterocycles. The van der Waals surface area contributed by atoms with Gasteiger partial charge in [-0.3, -0.25) is 0 Å². The second kappa shape index (κ2) is 4.62. The molecule has 1 aliphatic rings. The minimum Gasteiger partial charge on any atom is -0.213 e. The van der Waals surface area contributed by atoms with Crippen LogP contribution in [-0.2, 0) is 10.0 Å². The van der Waals surface area contributed by atoms with E-state index in [1.165, 1.54) is 12.7 Å². The van der Waals surface area contributed by atoms with Crippen LogP contribution in [0.3, 0.4) is 0 Å². The Kier molecular flexibility index (Phi) is 3.95. The molecule has 0 spiro atoms. The number of rotatable bonds is 3. The number of hydrogen-bond donors (Lipinski definition) is 0. The third kappa shape index (κ3) is 2.70. The zero-order chi connectivity index (χ0) is 10.8. The van der Waals surface area contributed by atoms with Crippen LogP contribution in [0, 0.1) is 11.8 Å². The van der Waals surface area contributed by atoms with Crippen LogP contribution in [0.25, 0.3) is 0 Å². The highest BCUT2D eigenvalue weighted by molar-refractivity contribution is 7.88. The first-order valence-electron chi connectivity index (χ1n) is 5.44. The van der Waals surface area contributed by atoms with Crippen LogP contribution < -0.4 is 0 Å². The molecule has 1 saturated heterocycles. The van der Waals surface area contributed by atoms with Crippen LogP contribution in [0.1, 0.15) is 33.1 Å². The monoisotopic (exact) mass is 219 g/mol. The normalized spacial score (nSPS) is 30.5. The Morgan fingerprint density at radius 1 is 1.21 bits per heavy atom. The Balaban J connectivity index is 2.66. The molecule has 1 rings (SSSR count). The maximum atomic E-state index is 11.4. The first-order chi connectivity index (χ1) is 6.49. The van der Waals surface area contributed by atoms with Crippen molar-refractivity contribution in [2.45, 2.75) is 33.1 Å². The maximum Gasteiger partial charge on any atom is 0.211 e. The van der Waals surface area contributed by atoms with Gasteiger partial charge in [-0.15, -0.1) is 0 Å². The number of sulfonamides is 1. The fraction of sp³-hybridized carbons (Fsp3) is 1.00. The molecular formula is C10H21NO2S. The number of piperidine rings is 1. The minimum absolute atomic E-state index is 0.559. The van der Waals surface area contributed by atoms with E-state index >= 15 is 0 Å². The summed E-state index contributed by atoms with van der Waals surface area (Å²) in [5.41, 5.74) is 0. The van der Waals surface area contributed by atoms with Gasteiger partial charge < -0.3 is 0 Å². The second-order valence-electron chi connectivity index (χ2n) is 4.25. The lowest BCUT2D eigenvalue weighted by Gasteiger charge is -2.36. The zero-order valence-corrected chi connectivity index (χ0v) is 10.2. The van der Waals surface area contributed by atoms with Gasteiger partial charge >= 0.3 is 0 Å². The summed E-state index contributed by atoms with van der Waals surface area (Å²) in [5, 5.41) is 0. The van der Waals surface area contributed by atoms with Gasteiger partial charge in [-0.05, 0) is 18.3 Å². The zero-order valence-electron chi connectivity index (χ0n) is 9.36. The lowest BCUT2D eigenvalue weighted by molar-refractivity contribution is 0.176. The largest absolute Gasteiger partial charge is 0.213 e. The van der Waals surface area contributed by atoms with Gasteiger partial charge in [0.15, 0.2) is 0 Å². The molecule has 0 radical (unpaired) electrons. The van der Waals surface area contributed by atoms with E-state index in [2.05, 4.69) is 13.8 Å². The van der Waals surface area contributed by atoms with Gasteiger partial charge in [0, 0.05) is 13.1 Å². The van der Waals surface area contributed by atoms with E-state index in [0.717, 1.165) is 25.3 Å². The van der Waals surface area contributed by atoms with E-state index < -0.39 is 10.0 Å². The van der Waals surface area contributed by atoms with Crippen LogP contribution in [0.2, 0.25) is 0 Å². The van der Waals surface area contributed by atoms with Crippen molar-refractivity contribution in [2.75, 3.05) is 19.3 Å². The van der Waals surface area contributed by atoms with Crippen molar-refractivity contribution in [3.05, 3.63) is 0 Å². The SMILES string of the molecule is CCC1CCN(S(C)(=O)=O)CC1CC. The average Bonchev–Trinajstić information content (AvgIpc) is 2.15. The van der Waals surface area contributed by atoms with Crippen molar-refractivity contribution in [3.8, 4) is 0 Å². The van der Waals surface area contributed by atoms with Gasteiger partial charge in [-0.25, -0.2) is 12.7 Å². The Bertz CT molecular complexity index is 274. The van der Waals surface area contributed by atoms with Crippen molar-refractivity contribution >= 4 is 10.0 Å². The minimum atomic E-state index is -2.97. The molecule has 2 unspecified atom stereocenters. The Morgan fingerprint density at radius 2 is 1.79 bits per heavy atom. The summed E-state index contributed by atoms with van der Waals surface area (Å²) in [6.07, 6.45) is 4.61. The van der Waals surface area contributed by atoms with Gasteiger partial charge in [0.05, 0.1) is 6.26 Å². The molecule has 0 N–H and O–H groups in total. The summed E-state index contributed by atoms with van der Waals surface area (Å²) in [7, 11) is -2.97. The van der Waals surface area contributed by atoms with Crippen LogP contribution in [0.5, 0.6) is 0 Å². The summed E-state index contributed by atoms with van der Waals surface area (Å²) in [5.74, 6) is 1.28. The van der Waals surface area contributed by atoms with Crippen molar-refractivity contribution in [3.63, 3.8) is 0 Å². The third-order valence-corrected chi connectivity index (χ3v) is 4.64. The molecule has 84 valence electrons. The molecule has 4 heteroatoms. The maximum absolute atomic E-state index is 11.4. The Morgan fingerprint density at radius 3 is 2.21 bits per heavy atom. The van der Waals surface area contributed by atoms with Crippen molar-refractivity contribution in [1.82, 2.24) is 4.31 Å². The van der Waals surface area contributed by atoms with Gasteiger partial charge in [0.25, 0.3) is 0 Å². The predicted octanol–water partition coefficient (Wildman–Crippen LogP) is 1.70. The quantitative estimate of drug-likeness (QED) is 0.724. The molecule has 0 aromatic rings. The van der Waals surface area contributed by atoms with E-state index in [-0.39, 0.29) is 0 Å². The molecule has 0 aromatic heterocycles. The molecular weight excluding hydrogens is 198 g/mol. The third-order valence-electron chi connectivity index (χ3n) is 3.37. The van der Waals surface area contributed by atoms with E-state index in [9.17, 15) is 8.42 Å². The highest BCUT2D eigenvalue weighted by Crippen LogP contribution is 2.29. The smallest absolute Gasteiger partial charge is 0.211 e. The van der Waals surface area contributed by atoms with E-state index in [4.69, 9.17) is 0 Å². The second-order valence-corrected chi connectivity index (χ2v) is 6.23. The van der Waals surface area contributed by atoms with Crippen molar-refractivity contribution in [1.29, 1.82) is 0 Å². The van der Waals surface area contributed by atoms with E-state index in [0.29, 0.717) is 12.5 Å². The van der Waals surface area contributed by atoms with Gasteiger partial charge in [0.1, 0.15) is 0 Å². The first-order valence-corrected chi connectivity index (χ1v) is 7.29. The standard InChI is InChI=1S/C10H21NO2S/c1-4-9-6-7-11(14(3,12)13)8-10(9)5-2/h9-10H,4-8H2,1-3H3. The van der Waals surface area contributed by atoms with Crippen LogP contribution >= 0.6 is 0 Å². The summed E-state index contributed by atoms with van der Waals surface area (Å²) >= 11 is 0. The molecule has 0 saturated carbocycles. The van der Waals surface area contributed by atoms with Crippen LogP contribution in [-0.4, -0.2) is 32.1 Å². The fourth-order valence-electron chi connectivity index (χ4n) is 2.35. The summed E-state index contributed by atoms with van der Waals surface area (Å²) in [6.45, 7) is 5.80. The molecule has 0 amide bonds. The highest BCUT2D eigenvalue weighted by atomic mass is 32.2. The van der Waals surface area contributed by atoms with E-state index in [1.54, 1.807) is 4.31 Å². The van der Waals surface area contributed by atoms with Crippen LogP contribution in [0.15, 0.2) is 0 Å². The summed E-state index contributed by atoms with van der Waals surface area (Å²) < 4.78 is 24.4. The van der Waals surface area contributed by atoms with Crippen molar-refractivity contribution < 1.29 is 8.42 Å². The topological polar surface area (TPSA) is 37.4 Å². The highest BCUT2D eigenvalue weighted by Gasteiger charge is 2.30. The van der Waals surface area contributed by atoms with Gasteiger partial charge in [0.2, 0.25) is 10.0 Å².